The van der Waals surface area contributed by atoms with Gasteiger partial charge < -0.3 is 9.84 Å². The van der Waals surface area contributed by atoms with Crippen LogP contribution in [0, 0.1) is 13.8 Å². The highest BCUT2D eigenvalue weighted by Crippen LogP contribution is 2.36. The molecule has 0 aliphatic heterocycles. The van der Waals surface area contributed by atoms with E-state index >= 15 is 0 Å². The van der Waals surface area contributed by atoms with Crippen molar-refractivity contribution in [3.05, 3.63) is 76.9 Å². The molecule has 22 heavy (non-hydrogen) atoms. The van der Waals surface area contributed by atoms with Crippen molar-refractivity contribution in [2.75, 3.05) is 7.11 Å². The molecule has 2 heteroatoms. The first kappa shape index (κ1) is 15.9. The van der Waals surface area contributed by atoms with Gasteiger partial charge in [0.05, 0.1) is 7.11 Å². The number of benzene rings is 2. The Kier molecular flexibility index (Phi) is 4.71. The van der Waals surface area contributed by atoms with Crippen LogP contribution >= 0.6 is 0 Å². The van der Waals surface area contributed by atoms with Crippen LogP contribution < -0.4 is 4.74 Å². The summed E-state index contributed by atoms with van der Waals surface area (Å²) in [6.45, 7) is 9.89. The van der Waals surface area contributed by atoms with Gasteiger partial charge >= 0.3 is 0 Å². The van der Waals surface area contributed by atoms with Gasteiger partial charge in [-0.3, -0.25) is 0 Å². The van der Waals surface area contributed by atoms with Crippen LogP contribution in [0.15, 0.2) is 54.6 Å². The average Bonchev–Trinajstić information content (AvgIpc) is 2.47. The Labute approximate surface area is 132 Å². The lowest BCUT2D eigenvalue weighted by Gasteiger charge is -2.16. The molecule has 0 amide bonds. The number of phenols is 1. The molecule has 1 N–H and O–H groups in total. The van der Waals surface area contributed by atoms with Crippen molar-refractivity contribution in [2.24, 2.45) is 0 Å². The zero-order chi connectivity index (χ0) is 16.3. The van der Waals surface area contributed by atoms with Gasteiger partial charge in [0.2, 0.25) is 0 Å². The van der Waals surface area contributed by atoms with E-state index in [1.54, 1.807) is 13.2 Å². The van der Waals surface area contributed by atoms with E-state index in [0.717, 1.165) is 39.1 Å². The van der Waals surface area contributed by atoms with Gasteiger partial charge in [-0.15, -0.1) is 0 Å². The maximum Gasteiger partial charge on any atom is 0.126 e. The Balaban J connectivity index is 2.72. The molecule has 0 fully saturated rings. The molecule has 2 aromatic rings. The maximum atomic E-state index is 10.0. The molecule has 0 unspecified atom stereocenters. The second-order valence-electron chi connectivity index (χ2n) is 5.56. The number of hydrogen-bond donors (Lipinski definition) is 1. The highest BCUT2D eigenvalue weighted by Gasteiger charge is 2.14. The molecule has 0 spiro atoms. The Morgan fingerprint density at radius 2 is 1.86 bits per heavy atom. The Morgan fingerprint density at radius 1 is 1.14 bits per heavy atom. The van der Waals surface area contributed by atoms with Crippen molar-refractivity contribution in [2.45, 2.75) is 20.8 Å². The number of allylic oxidation sites excluding steroid dienone is 2. The summed E-state index contributed by atoms with van der Waals surface area (Å²) in [7, 11) is 1.67. The summed E-state index contributed by atoms with van der Waals surface area (Å²) in [5.41, 5.74) is 5.88. The number of aryl methyl sites for hydroxylation is 2. The third-order valence-corrected chi connectivity index (χ3v) is 3.63. The van der Waals surface area contributed by atoms with Crippen LogP contribution in [0.1, 0.15) is 29.2 Å². The Bertz CT molecular complexity index is 739. The number of methoxy groups -OCH3 is 1. The number of aromatic hydroxyl groups is 1. The number of hydrogen-bond acceptors (Lipinski definition) is 2. The fraction of sp³-hybridized carbons (Fsp3) is 0.200. The molecule has 2 rings (SSSR count). The third kappa shape index (κ3) is 3.22. The molecule has 0 aliphatic carbocycles. The van der Waals surface area contributed by atoms with Crippen LogP contribution in [0.2, 0.25) is 0 Å². The molecule has 0 atom stereocenters. The summed E-state index contributed by atoms with van der Waals surface area (Å²) in [4.78, 5) is 0. The molecule has 0 aromatic heterocycles. The van der Waals surface area contributed by atoms with E-state index in [0.29, 0.717) is 0 Å². The van der Waals surface area contributed by atoms with Gasteiger partial charge in [-0.05, 0) is 55.2 Å². The van der Waals surface area contributed by atoms with Crippen molar-refractivity contribution >= 4 is 5.57 Å². The van der Waals surface area contributed by atoms with E-state index in [1.165, 1.54) is 0 Å². The van der Waals surface area contributed by atoms with Gasteiger partial charge in [0.15, 0.2) is 0 Å². The highest BCUT2D eigenvalue weighted by atomic mass is 16.5. The maximum absolute atomic E-state index is 10.0. The predicted molar refractivity (Wildman–Crippen MR) is 92.5 cm³/mol. The quantitative estimate of drug-likeness (QED) is 0.802. The minimum absolute atomic E-state index is 0.290. The van der Waals surface area contributed by atoms with E-state index in [1.807, 2.05) is 44.2 Å². The Hall–Kier alpha value is -2.48. The van der Waals surface area contributed by atoms with E-state index in [9.17, 15) is 5.11 Å². The zero-order valence-electron chi connectivity index (χ0n) is 13.6. The summed E-state index contributed by atoms with van der Waals surface area (Å²) in [6.07, 6.45) is 2.02. The van der Waals surface area contributed by atoms with Gasteiger partial charge in [-0.1, -0.05) is 42.5 Å². The molecule has 2 aromatic carbocycles. The van der Waals surface area contributed by atoms with Gasteiger partial charge in [0.25, 0.3) is 0 Å². The fourth-order valence-corrected chi connectivity index (χ4v) is 2.48. The van der Waals surface area contributed by atoms with Crippen LogP contribution in [0.5, 0.6) is 11.5 Å². The monoisotopic (exact) mass is 294 g/mol. The molecule has 0 heterocycles. The van der Waals surface area contributed by atoms with Crippen LogP contribution in [-0.4, -0.2) is 12.2 Å². The lowest BCUT2D eigenvalue weighted by atomic mass is 9.91. The molecular formula is C20H22O2. The molecule has 0 aliphatic rings. The number of ether oxygens (including phenoxy) is 1. The lowest BCUT2D eigenvalue weighted by Crippen LogP contribution is -1.97. The summed E-state index contributed by atoms with van der Waals surface area (Å²) in [6, 6.07) is 11.7. The van der Waals surface area contributed by atoms with E-state index in [2.05, 4.69) is 19.6 Å². The lowest BCUT2D eigenvalue weighted by molar-refractivity contribution is 0.413. The molecule has 114 valence electrons. The summed E-state index contributed by atoms with van der Waals surface area (Å²) < 4.78 is 5.53. The van der Waals surface area contributed by atoms with E-state index in [-0.39, 0.29) is 5.75 Å². The highest BCUT2D eigenvalue weighted by molar-refractivity contribution is 5.86. The van der Waals surface area contributed by atoms with Crippen LogP contribution in [0.3, 0.4) is 0 Å². The number of phenolic OH excluding ortho intramolecular Hbond substituents is 1. The van der Waals surface area contributed by atoms with Gasteiger partial charge in [-0.25, -0.2) is 0 Å². The normalized spacial score (nSPS) is 11.4. The van der Waals surface area contributed by atoms with Crippen molar-refractivity contribution < 1.29 is 9.84 Å². The molecule has 0 saturated heterocycles. The second kappa shape index (κ2) is 6.52. The van der Waals surface area contributed by atoms with Crippen molar-refractivity contribution in [1.82, 2.24) is 0 Å². The minimum Gasteiger partial charge on any atom is -0.508 e. The fourth-order valence-electron chi connectivity index (χ4n) is 2.48. The van der Waals surface area contributed by atoms with E-state index < -0.39 is 0 Å². The average molecular weight is 294 g/mol. The second-order valence-corrected chi connectivity index (χ2v) is 5.56. The first-order valence-corrected chi connectivity index (χ1v) is 7.25. The van der Waals surface area contributed by atoms with Gasteiger partial charge in [-0.2, -0.15) is 0 Å². The van der Waals surface area contributed by atoms with Crippen molar-refractivity contribution in [3.63, 3.8) is 0 Å². The molecule has 0 bridgehead atoms. The van der Waals surface area contributed by atoms with E-state index in [4.69, 9.17) is 4.74 Å². The van der Waals surface area contributed by atoms with Crippen molar-refractivity contribution in [3.8, 4) is 11.5 Å². The minimum atomic E-state index is 0.290. The van der Waals surface area contributed by atoms with Crippen LogP contribution in [0.4, 0.5) is 0 Å². The largest absolute Gasteiger partial charge is 0.508 e. The molecule has 2 nitrogen and oxygen atoms in total. The van der Waals surface area contributed by atoms with Gasteiger partial charge in [0.1, 0.15) is 11.5 Å². The molecule has 0 radical (unpaired) electrons. The molecular weight excluding hydrogens is 272 g/mol. The first-order chi connectivity index (χ1) is 10.4. The van der Waals surface area contributed by atoms with Crippen LogP contribution in [-0.2, 0) is 0 Å². The molecule has 0 saturated carbocycles. The zero-order valence-corrected chi connectivity index (χ0v) is 13.6. The summed E-state index contributed by atoms with van der Waals surface area (Å²) in [5.74, 6) is 1.10. The smallest absolute Gasteiger partial charge is 0.126 e. The van der Waals surface area contributed by atoms with Gasteiger partial charge in [0, 0.05) is 5.56 Å². The predicted octanol–water partition coefficient (Wildman–Crippen LogP) is 5.03. The standard InChI is InChI=1S/C20H22O2/c1-13(2)11-17(16-10-9-14(3)18(21)12-16)20-15(4)7-6-8-19(20)22-5/h6-12,21H,1H2,2-5H3. The third-order valence-electron chi connectivity index (χ3n) is 3.63. The van der Waals surface area contributed by atoms with Crippen LogP contribution in [0.25, 0.3) is 5.57 Å². The number of rotatable bonds is 4. The summed E-state index contributed by atoms with van der Waals surface area (Å²) in [5, 5.41) is 10.0. The first-order valence-electron chi connectivity index (χ1n) is 7.25. The topological polar surface area (TPSA) is 29.5 Å². The SMILES string of the molecule is C=C(C)C=C(c1ccc(C)c(O)c1)c1c(C)cccc1OC. The summed E-state index contributed by atoms with van der Waals surface area (Å²) >= 11 is 0. The Morgan fingerprint density at radius 3 is 2.45 bits per heavy atom. The van der Waals surface area contributed by atoms with Crippen molar-refractivity contribution in [1.29, 1.82) is 0 Å².